The third-order valence-electron chi connectivity index (χ3n) is 2.76. The molecule has 1 amide bonds. The van der Waals surface area contributed by atoms with Gasteiger partial charge in [0, 0.05) is 18.3 Å². The fourth-order valence-corrected chi connectivity index (χ4v) is 1.60. The fraction of sp³-hybridized carbons (Fsp3) is 0.571. The maximum atomic E-state index is 11.9. The summed E-state index contributed by atoms with van der Waals surface area (Å²) in [5.74, 6) is 1.09. The SMILES string of the molecule is COc1ccc(C(=O)NC(C)CCC(C)C)cn1. The van der Waals surface area contributed by atoms with E-state index in [1.807, 2.05) is 6.92 Å². The first-order chi connectivity index (χ1) is 8.52. The molecule has 1 aromatic heterocycles. The van der Waals surface area contributed by atoms with Gasteiger partial charge >= 0.3 is 0 Å². The molecule has 1 N–H and O–H groups in total. The van der Waals surface area contributed by atoms with Crippen molar-refractivity contribution < 1.29 is 9.53 Å². The van der Waals surface area contributed by atoms with Crippen molar-refractivity contribution in [2.24, 2.45) is 5.92 Å². The molecule has 18 heavy (non-hydrogen) atoms. The fourth-order valence-electron chi connectivity index (χ4n) is 1.60. The molecule has 1 aromatic rings. The highest BCUT2D eigenvalue weighted by Crippen LogP contribution is 2.09. The molecular weight excluding hydrogens is 228 g/mol. The van der Waals surface area contributed by atoms with Gasteiger partial charge in [-0.2, -0.15) is 0 Å². The summed E-state index contributed by atoms with van der Waals surface area (Å²) in [4.78, 5) is 15.9. The lowest BCUT2D eigenvalue weighted by atomic mass is 10.0. The van der Waals surface area contributed by atoms with Gasteiger partial charge in [0.2, 0.25) is 5.88 Å². The molecule has 100 valence electrons. The average Bonchev–Trinajstić information content (AvgIpc) is 2.36. The lowest BCUT2D eigenvalue weighted by Gasteiger charge is -2.15. The molecule has 0 saturated carbocycles. The third kappa shape index (κ3) is 4.73. The van der Waals surface area contributed by atoms with Crippen LogP contribution in [-0.4, -0.2) is 24.0 Å². The maximum Gasteiger partial charge on any atom is 0.253 e. The van der Waals surface area contributed by atoms with Crippen LogP contribution in [0.15, 0.2) is 18.3 Å². The number of carbonyl (C=O) groups is 1. The van der Waals surface area contributed by atoms with Crippen LogP contribution in [-0.2, 0) is 0 Å². The second-order valence-electron chi connectivity index (χ2n) is 4.93. The van der Waals surface area contributed by atoms with Crippen molar-refractivity contribution in [1.82, 2.24) is 10.3 Å². The zero-order valence-corrected chi connectivity index (χ0v) is 11.6. The van der Waals surface area contributed by atoms with Gasteiger partial charge in [-0.1, -0.05) is 13.8 Å². The Morgan fingerprint density at radius 2 is 2.06 bits per heavy atom. The largest absolute Gasteiger partial charge is 0.481 e. The van der Waals surface area contributed by atoms with Crippen molar-refractivity contribution in [2.45, 2.75) is 39.7 Å². The normalized spacial score (nSPS) is 12.3. The molecular formula is C14H22N2O2. The van der Waals surface area contributed by atoms with E-state index in [-0.39, 0.29) is 11.9 Å². The Balaban J connectivity index is 2.48. The highest BCUT2D eigenvalue weighted by Gasteiger charge is 2.10. The predicted molar refractivity (Wildman–Crippen MR) is 71.8 cm³/mol. The molecule has 0 bridgehead atoms. The molecule has 0 aliphatic rings. The standard InChI is InChI=1S/C14H22N2O2/c1-10(2)5-6-11(3)16-14(17)12-7-8-13(18-4)15-9-12/h7-11H,5-6H2,1-4H3,(H,16,17). The minimum Gasteiger partial charge on any atom is -0.481 e. The van der Waals surface area contributed by atoms with E-state index >= 15 is 0 Å². The predicted octanol–water partition coefficient (Wildman–Crippen LogP) is 2.64. The molecule has 1 atom stereocenters. The molecule has 0 aliphatic heterocycles. The summed E-state index contributed by atoms with van der Waals surface area (Å²) in [6, 6.07) is 3.59. The van der Waals surface area contributed by atoms with E-state index in [1.165, 1.54) is 6.20 Å². The van der Waals surface area contributed by atoms with Crippen LogP contribution in [0, 0.1) is 5.92 Å². The van der Waals surface area contributed by atoms with Crippen molar-refractivity contribution in [1.29, 1.82) is 0 Å². The number of nitrogens with one attached hydrogen (secondary N) is 1. The van der Waals surface area contributed by atoms with Gasteiger partial charge in [-0.3, -0.25) is 4.79 Å². The van der Waals surface area contributed by atoms with Crippen molar-refractivity contribution in [2.75, 3.05) is 7.11 Å². The number of amides is 1. The number of hydrogen-bond acceptors (Lipinski definition) is 3. The summed E-state index contributed by atoms with van der Waals surface area (Å²) in [6.07, 6.45) is 3.64. The Morgan fingerprint density at radius 3 is 2.56 bits per heavy atom. The van der Waals surface area contributed by atoms with E-state index in [4.69, 9.17) is 4.74 Å². The average molecular weight is 250 g/mol. The van der Waals surface area contributed by atoms with Gasteiger partial charge in [0.05, 0.1) is 12.7 Å². The Kier molecular flexibility index (Phi) is 5.62. The quantitative estimate of drug-likeness (QED) is 0.844. The number of rotatable bonds is 6. The molecule has 0 radical (unpaired) electrons. The van der Waals surface area contributed by atoms with Gasteiger partial charge in [0.25, 0.3) is 5.91 Å². The highest BCUT2D eigenvalue weighted by atomic mass is 16.5. The molecule has 1 heterocycles. The van der Waals surface area contributed by atoms with Gasteiger partial charge in [-0.05, 0) is 31.7 Å². The van der Waals surface area contributed by atoms with Crippen molar-refractivity contribution in [3.63, 3.8) is 0 Å². The van der Waals surface area contributed by atoms with Crippen LogP contribution < -0.4 is 10.1 Å². The molecule has 0 aliphatic carbocycles. The minimum absolute atomic E-state index is 0.0820. The Hall–Kier alpha value is -1.58. The number of nitrogens with zero attached hydrogens (tertiary/aromatic N) is 1. The van der Waals surface area contributed by atoms with Crippen LogP contribution in [0.3, 0.4) is 0 Å². The van der Waals surface area contributed by atoms with Gasteiger partial charge in [-0.25, -0.2) is 4.98 Å². The Labute approximate surface area is 109 Å². The molecule has 0 aromatic carbocycles. The van der Waals surface area contributed by atoms with E-state index < -0.39 is 0 Å². The Morgan fingerprint density at radius 1 is 1.33 bits per heavy atom. The molecule has 0 saturated heterocycles. The first kappa shape index (κ1) is 14.5. The number of aromatic nitrogens is 1. The molecule has 4 heteroatoms. The number of carbonyl (C=O) groups excluding carboxylic acids is 1. The zero-order valence-electron chi connectivity index (χ0n) is 11.6. The second kappa shape index (κ2) is 6.99. The summed E-state index contributed by atoms with van der Waals surface area (Å²) in [5.41, 5.74) is 0.562. The smallest absolute Gasteiger partial charge is 0.253 e. The molecule has 0 fully saturated rings. The molecule has 4 nitrogen and oxygen atoms in total. The summed E-state index contributed by atoms with van der Waals surface area (Å²) in [6.45, 7) is 6.39. The summed E-state index contributed by atoms with van der Waals surface area (Å²) in [7, 11) is 1.55. The molecule has 1 rings (SSSR count). The van der Waals surface area contributed by atoms with E-state index in [1.54, 1.807) is 19.2 Å². The van der Waals surface area contributed by atoms with Gasteiger partial charge in [0.15, 0.2) is 0 Å². The lowest BCUT2D eigenvalue weighted by Crippen LogP contribution is -2.32. The van der Waals surface area contributed by atoms with Crippen molar-refractivity contribution in [3.05, 3.63) is 23.9 Å². The third-order valence-corrected chi connectivity index (χ3v) is 2.76. The first-order valence-electron chi connectivity index (χ1n) is 6.33. The first-order valence-corrected chi connectivity index (χ1v) is 6.33. The number of methoxy groups -OCH3 is 1. The monoisotopic (exact) mass is 250 g/mol. The zero-order chi connectivity index (χ0) is 13.5. The summed E-state index contributed by atoms with van der Waals surface area (Å²) < 4.78 is 4.95. The maximum absolute atomic E-state index is 11.9. The summed E-state index contributed by atoms with van der Waals surface area (Å²) >= 11 is 0. The van der Waals surface area contributed by atoms with Gasteiger partial charge < -0.3 is 10.1 Å². The molecule has 0 spiro atoms. The van der Waals surface area contributed by atoms with Crippen LogP contribution in [0.25, 0.3) is 0 Å². The summed E-state index contributed by atoms with van der Waals surface area (Å²) in [5, 5.41) is 2.97. The highest BCUT2D eigenvalue weighted by molar-refractivity contribution is 5.94. The van der Waals surface area contributed by atoms with Crippen LogP contribution in [0.1, 0.15) is 44.0 Å². The molecule has 1 unspecified atom stereocenters. The van der Waals surface area contributed by atoms with Gasteiger partial charge in [-0.15, -0.1) is 0 Å². The number of ether oxygens (including phenoxy) is 1. The van der Waals surface area contributed by atoms with Crippen LogP contribution in [0.4, 0.5) is 0 Å². The van der Waals surface area contributed by atoms with E-state index in [0.717, 1.165) is 12.8 Å². The number of pyridine rings is 1. The van der Waals surface area contributed by atoms with Gasteiger partial charge in [0.1, 0.15) is 0 Å². The lowest BCUT2D eigenvalue weighted by molar-refractivity contribution is 0.0937. The van der Waals surface area contributed by atoms with Crippen molar-refractivity contribution >= 4 is 5.91 Å². The van der Waals surface area contributed by atoms with E-state index in [2.05, 4.69) is 24.1 Å². The van der Waals surface area contributed by atoms with Crippen LogP contribution in [0.2, 0.25) is 0 Å². The van der Waals surface area contributed by atoms with Crippen LogP contribution >= 0.6 is 0 Å². The van der Waals surface area contributed by atoms with Crippen LogP contribution in [0.5, 0.6) is 5.88 Å². The topological polar surface area (TPSA) is 51.2 Å². The van der Waals surface area contributed by atoms with Crippen molar-refractivity contribution in [3.8, 4) is 5.88 Å². The minimum atomic E-state index is -0.0820. The van der Waals surface area contributed by atoms with E-state index in [9.17, 15) is 4.79 Å². The van der Waals surface area contributed by atoms with E-state index in [0.29, 0.717) is 17.4 Å². The number of hydrogen-bond donors (Lipinski definition) is 1. The second-order valence-corrected chi connectivity index (χ2v) is 4.93. The Bertz CT molecular complexity index is 374.